The summed E-state index contributed by atoms with van der Waals surface area (Å²) in [4.78, 5) is 9.00. The smallest absolute Gasteiger partial charge is 0.300 e. The molecular weight excluding hydrogens is 176 g/mol. The van der Waals surface area contributed by atoms with E-state index in [0.29, 0.717) is 19.3 Å². The van der Waals surface area contributed by atoms with Crippen LogP contribution in [-0.4, -0.2) is 44.7 Å². The summed E-state index contributed by atoms with van der Waals surface area (Å²) in [5.74, 6) is -0.833. The second kappa shape index (κ2) is 5.90. The Kier molecular flexibility index (Phi) is 5.61. The first kappa shape index (κ1) is 12.3. The van der Waals surface area contributed by atoms with Crippen molar-refractivity contribution >= 4 is 5.97 Å². The molecule has 1 aliphatic carbocycles. The molecule has 0 bridgehead atoms. The zero-order chi connectivity index (χ0) is 10.4. The molecule has 0 spiro atoms. The molecule has 0 aliphatic heterocycles. The molecule has 4 N–H and O–H groups in total. The van der Waals surface area contributed by atoms with Crippen LogP contribution in [0.3, 0.4) is 0 Å². The van der Waals surface area contributed by atoms with Gasteiger partial charge in [0.25, 0.3) is 5.97 Å². The predicted molar refractivity (Wildman–Crippen MR) is 45.2 cm³/mol. The average Bonchev–Trinajstić information content (AvgIpc) is 1.96. The van der Waals surface area contributed by atoms with Crippen LogP contribution >= 0.6 is 0 Å². The number of carbonyl (C=O) groups is 1. The normalized spacial score (nSPS) is 33.1. The Hall–Kier alpha value is -0.650. The summed E-state index contributed by atoms with van der Waals surface area (Å²) in [5.41, 5.74) is 0. The van der Waals surface area contributed by atoms with Gasteiger partial charge in [0.1, 0.15) is 0 Å². The Morgan fingerprint density at radius 1 is 1.15 bits per heavy atom. The van der Waals surface area contributed by atoms with Gasteiger partial charge in [0.05, 0.1) is 18.3 Å². The highest BCUT2D eigenvalue weighted by molar-refractivity contribution is 5.62. The highest BCUT2D eigenvalue weighted by atomic mass is 16.4. The second-order valence-electron chi connectivity index (χ2n) is 3.12. The lowest BCUT2D eigenvalue weighted by atomic mass is 9.93. The molecular formula is C8H16O5. The van der Waals surface area contributed by atoms with Crippen molar-refractivity contribution in [3.63, 3.8) is 0 Å². The fourth-order valence-electron chi connectivity index (χ4n) is 1.11. The van der Waals surface area contributed by atoms with Gasteiger partial charge in [-0.15, -0.1) is 0 Å². The Bertz CT molecular complexity index is 155. The van der Waals surface area contributed by atoms with E-state index in [1.807, 2.05) is 0 Å². The minimum atomic E-state index is -0.833. The number of hydrogen-bond donors (Lipinski definition) is 4. The number of carboxylic acids is 1. The van der Waals surface area contributed by atoms with Gasteiger partial charge in [-0.3, -0.25) is 4.79 Å². The molecule has 1 fully saturated rings. The first-order chi connectivity index (χ1) is 5.93. The van der Waals surface area contributed by atoms with Gasteiger partial charge in [-0.2, -0.15) is 0 Å². The van der Waals surface area contributed by atoms with Crippen molar-refractivity contribution in [1.29, 1.82) is 0 Å². The molecule has 78 valence electrons. The molecule has 0 heterocycles. The van der Waals surface area contributed by atoms with Gasteiger partial charge < -0.3 is 20.4 Å². The van der Waals surface area contributed by atoms with Crippen molar-refractivity contribution in [2.24, 2.45) is 0 Å². The maximum absolute atomic E-state index is 9.00. The van der Waals surface area contributed by atoms with Crippen LogP contribution < -0.4 is 0 Å². The fraction of sp³-hybridized carbons (Fsp3) is 0.875. The van der Waals surface area contributed by atoms with E-state index >= 15 is 0 Å². The third-order valence-corrected chi connectivity index (χ3v) is 1.75. The van der Waals surface area contributed by atoms with Crippen LogP contribution in [-0.2, 0) is 4.79 Å². The summed E-state index contributed by atoms with van der Waals surface area (Å²) in [6, 6.07) is 0. The predicted octanol–water partition coefficient (Wildman–Crippen LogP) is -0.656. The molecule has 0 saturated heterocycles. The van der Waals surface area contributed by atoms with Crippen molar-refractivity contribution < 1.29 is 25.2 Å². The zero-order valence-corrected chi connectivity index (χ0v) is 7.55. The number of aliphatic hydroxyl groups is 3. The second-order valence-corrected chi connectivity index (χ2v) is 3.12. The van der Waals surface area contributed by atoms with Gasteiger partial charge in [0, 0.05) is 13.3 Å². The van der Waals surface area contributed by atoms with Crippen molar-refractivity contribution in [3.05, 3.63) is 0 Å². The SMILES string of the molecule is CC(=O)O.OC1CCC(O)C(O)C1. The lowest BCUT2D eigenvalue weighted by molar-refractivity contribution is -0.134. The van der Waals surface area contributed by atoms with E-state index in [1.165, 1.54) is 0 Å². The molecule has 5 heteroatoms. The van der Waals surface area contributed by atoms with Gasteiger partial charge in [-0.25, -0.2) is 0 Å². The van der Waals surface area contributed by atoms with E-state index in [0.717, 1.165) is 6.92 Å². The van der Waals surface area contributed by atoms with E-state index in [1.54, 1.807) is 0 Å². The number of aliphatic carboxylic acids is 1. The number of hydrogen-bond acceptors (Lipinski definition) is 4. The molecule has 0 aromatic heterocycles. The van der Waals surface area contributed by atoms with Crippen LogP contribution in [0.5, 0.6) is 0 Å². The summed E-state index contributed by atoms with van der Waals surface area (Å²) in [6.07, 6.45) is -0.299. The molecule has 0 radical (unpaired) electrons. The number of rotatable bonds is 0. The third-order valence-electron chi connectivity index (χ3n) is 1.75. The largest absolute Gasteiger partial charge is 0.481 e. The molecule has 1 saturated carbocycles. The number of carboxylic acid groups (broad SMARTS) is 1. The van der Waals surface area contributed by atoms with E-state index in [-0.39, 0.29) is 0 Å². The summed E-state index contributed by atoms with van der Waals surface area (Å²) >= 11 is 0. The monoisotopic (exact) mass is 192 g/mol. The van der Waals surface area contributed by atoms with Crippen LogP contribution in [0.25, 0.3) is 0 Å². The molecule has 3 atom stereocenters. The fourth-order valence-corrected chi connectivity index (χ4v) is 1.11. The van der Waals surface area contributed by atoms with Crippen molar-refractivity contribution in [3.8, 4) is 0 Å². The van der Waals surface area contributed by atoms with E-state index in [4.69, 9.17) is 25.2 Å². The Morgan fingerprint density at radius 3 is 1.92 bits per heavy atom. The van der Waals surface area contributed by atoms with Crippen molar-refractivity contribution in [2.75, 3.05) is 0 Å². The van der Waals surface area contributed by atoms with Crippen LogP contribution in [0, 0.1) is 0 Å². The topological polar surface area (TPSA) is 98.0 Å². The molecule has 1 rings (SSSR count). The highest BCUT2D eigenvalue weighted by Crippen LogP contribution is 2.18. The minimum absolute atomic E-state index is 0.321. The van der Waals surface area contributed by atoms with Crippen LogP contribution in [0.15, 0.2) is 0 Å². The summed E-state index contributed by atoms with van der Waals surface area (Å²) < 4.78 is 0. The molecule has 3 unspecified atom stereocenters. The highest BCUT2D eigenvalue weighted by Gasteiger charge is 2.25. The minimum Gasteiger partial charge on any atom is -0.481 e. The molecule has 0 aromatic carbocycles. The van der Waals surface area contributed by atoms with E-state index in [2.05, 4.69) is 0 Å². The van der Waals surface area contributed by atoms with Gasteiger partial charge in [0.2, 0.25) is 0 Å². The molecule has 0 aromatic rings. The van der Waals surface area contributed by atoms with Gasteiger partial charge >= 0.3 is 0 Å². The van der Waals surface area contributed by atoms with Gasteiger partial charge in [-0.05, 0) is 12.8 Å². The Labute approximate surface area is 76.6 Å². The molecule has 13 heavy (non-hydrogen) atoms. The van der Waals surface area contributed by atoms with Crippen molar-refractivity contribution in [1.82, 2.24) is 0 Å². The maximum Gasteiger partial charge on any atom is 0.300 e. The van der Waals surface area contributed by atoms with E-state index < -0.39 is 24.3 Å². The van der Waals surface area contributed by atoms with Crippen molar-refractivity contribution in [2.45, 2.75) is 44.5 Å². The summed E-state index contributed by atoms with van der Waals surface area (Å²) in [7, 11) is 0. The molecule has 5 nitrogen and oxygen atoms in total. The molecule has 1 aliphatic rings. The quantitative estimate of drug-likeness (QED) is 0.408. The molecule has 0 amide bonds. The van der Waals surface area contributed by atoms with Crippen LogP contribution in [0.2, 0.25) is 0 Å². The number of aliphatic hydroxyl groups excluding tert-OH is 3. The van der Waals surface area contributed by atoms with Gasteiger partial charge in [-0.1, -0.05) is 0 Å². The zero-order valence-electron chi connectivity index (χ0n) is 7.55. The van der Waals surface area contributed by atoms with Crippen LogP contribution in [0.1, 0.15) is 26.2 Å². The Morgan fingerprint density at radius 2 is 1.62 bits per heavy atom. The first-order valence-corrected chi connectivity index (χ1v) is 4.17. The van der Waals surface area contributed by atoms with E-state index in [9.17, 15) is 0 Å². The summed E-state index contributed by atoms with van der Waals surface area (Å²) in [5, 5.41) is 34.2. The first-order valence-electron chi connectivity index (χ1n) is 4.17. The Balaban J connectivity index is 0.000000310. The lowest BCUT2D eigenvalue weighted by Crippen LogP contribution is -2.35. The summed E-state index contributed by atoms with van der Waals surface area (Å²) in [6.45, 7) is 1.08. The third kappa shape index (κ3) is 6.51. The van der Waals surface area contributed by atoms with Gasteiger partial charge in [0.15, 0.2) is 0 Å². The average molecular weight is 192 g/mol. The maximum atomic E-state index is 9.00. The standard InChI is InChI=1S/C6H12O3.C2H4O2/c7-4-1-2-5(8)6(9)3-4;1-2(3)4/h4-9H,1-3H2;1H3,(H,3,4). The lowest BCUT2D eigenvalue weighted by Gasteiger charge is -2.26. The van der Waals surface area contributed by atoms with Crippen LogP contribution in [0.4, 0.5) is 0 Å².